The predicted octanol–water partition coefficient (Wildman–Crippen LogP) is 2.92. The van der Waals surface area contributed by atoms with Gasteiger partial charge in [0, 0.05) is 9.64 Å². The molecule has 0 radical (unpaired) electrons. The van der Waals surface area contributed by atoms with Gasteiger partial charge >= 0.3 is 0 Å². The molecule has 0 N–H and O–H groups in total. The van der Waals surface area contributed by atoms with Gasteiger partial charge in [-0.3, -0.25) is 10.1 Å². The Hall–Kier alpha value is -0.870. The lowest BCUT2D eigenvalue weighted by Gasteiger charge is -2.02. The van der Waals surface area contributed by atoms with Gasteiger partial charge in [-0.05, 0) is 28.7 Å². The molecule has 4 nitrogen and oxygen atoms in total. The fourth-order valence-corrected chi connectivity index (χ4v) is 1.82. The molecule has 14 heavy (non-hydrogen) atoms. The van der Waals surface area contributed by atoms with Crippen LogP contribution in [0.25, 0.3) is 0 Å². The van der Waals surface area contributed by atoms with Crippen LogP contribution in [0.5, 0.6) is 0 Å². The largest absolute Gasteiger partial charge is 0.274 e. The van der Waals surface area contributed by atoms with Crippen molar-refractivity contribution >= 4 is 39.9 Å². The molecule has 1 aromatic carbocycles. The van der Waals surface area contributed by atoms with Crippen LogP contribution in [0.2, 0.25) is 5.02 Å². The molecule has 0 atom stereocenters. The van der Waals surface area contributed by atoms with Crippen molar-refractivity contribution in [2.75, 3.05) is 0 Å². The zero-order valence-corrected chi connectivity index (χ0v) is 9.74. The van der Waals surface area contributed by atoms with E-state index in [1.165, 1.54) is 12.1 Å². The van der Waals surface area contributed by atoms with Gasteiger partial charge in [0.1, 0.15) is 0 Å². The Morgan fingerprint density at radius 1 is 1.64 bits per heavy atom. The molecule has 0 spiro atoms. The predicted molar refractivity (Wildman–Crippen MR) is 60.1 cm³/mol. The summed E-state index contributed by atoms with van der Waals surface area (Å²) in [7, 11) is 0. The average Bonchev–Trinajstić information content (AvgIpc) is 2.13. The van der Waals surface area contributed by atoms with E-state index in [0.717, 1.165) is 0 Å². The number of nitrogens with zero attached hydrogens (tertiary/aromatic N) is 2. The Balaban J connectivity index is 3.39. The lowest BCUT2D eigenvalue weighted by atomic mass is 10.1. The number of nitro benzene ring substituents is 1. The van der Waals surface area contributed by atoms with E-state index in [2.05, 4.69) is 0 Å². The first-order valence-electron chi connectivity index (χ1n) is 3.56. The highest BCUT2D eigenvalue weighted by atomic mass is 127. The van der Waals surface area contributed by atoms with Crippen molar-refractivity contribution in [3.05, 3.63) is 36.4 Å². The van der Waals surface area contributed by atoms with Gasteiger partial charge in [-0.15, -0.1) is 0 Å². The number of hydrogen-bond acceptors (Lipinski definition) is 3. The van der Waals surface area contributed by atoms with Gasteiger partial charge in [0.05, 0.1) is 28.0 Å². The van der Waals surface area contributed by atoms with Gasteiger partial charge in [0.25, 0.3) is 5.69 Å². The summed E-state index contributed by atoms with van der Waals surface area (Å²) in [4.78, 5) is 10.1. The van der Waals surface area contributed by atoms with E-state index >= 15 is 0 Å². The van der Waals surface area contributed by atoms with Crippen LogP contribution in [0.15, 0.2) is 12.1 Å². The van der Waals surface area contributed by atoms with Crippen molar-refractivity contribution in [3.8, 4) is 6.07 Å². The zero-order valence-electron chi connectivity index (χ0n) is 6.83. The Labute approximate surface area is 98.8 Å². The van der Waals surface area contributed by atoms with Crippen LogP contribution in [0.4, 0.5) is 5.69 Å². The Morgan fingerprint density at radius 2 is 2.29 bits per heavy atom. The highest BCUT2D eigenvalue weighted by Gasteiger charge is 2.18. The summed E-state index contributed by atoms with van der Waals surface area (Å²) in [6.07, 6.45) is -0.00481. The van der Waals surface area contributed by atoms with E-state index < -0.39 is 4.92 Å². The van der Waals surface area contributed by atoms with Crippen LogP contribution < -0.4 is 0 Å². The van der Waals surface area contributed by atoms with Gasteiger partial charge in [0.2, 0.25) is 0 Å². The SMILES string of the molecule is N#CCc1c([N+](=O)[O-])ccc(Cl)c1I. The number of hydrogen-bond donors (Lipinski definition) is 0. The maximum Gasteiger partial charge on any atom is 0.274 e. The first kappa shape index (κ1) is 11.2. The van der Waals surface area contributed by atoms with Crippen molar-refractivity contribution in [2.45, 2.75) is 6.42 Å². The molecule has 1 rings (SSSR count). The quantitative estimate of drug-likeness (QED) is 0.477. The fraction of sp³-hybridized carbons (Fsp3) is 0.125. The highest BCUT2D eigenvalue weighted by Crippen LogP contribution is 2.29. The molecule has 0 aromatic heterocycles. The molecule has 1 aromatic rings. The van der Waals surface area contributed by atoms with Gasteiger partial charge in [0.15, 0.2) is 0 Å². The number of nitriles is 1. The van der Waals surface area contributed by atoms with E-state index in [9.17, 15) is 10.1 Å². The van der Waals surface area contributed by atoms with E-state index in [1.54, 1.807) is 0 Å². The van der Waals surface area contributed by atoms with E-state index in [-0.39, 0.29) is 12.1 Å². The van der Waals surface area contributed by atoms with Crippen LogP contribution in [0, 0.1) is 25.0 Å². The summed E-state index contributed by atoms with van der Waals surface area (Å²) in [6, 6.07) is 4.66. The molecule has 0 saturated carbocycles. The van der Waals surface area contributed by atoms with Crippen molar-refractivity contribution in [2.24, 2.45) is 0 Å². The molecule has 0 aliphatic rings. The second-order valence-electron chi connectivity index (χ2n) is 2.45. The van der Waals surface area contributed by atoms with Crippen LogP contribution in [-0.4, -0.2) is 4.92 Å². The Morgan fingerprint density at radius 3 is 2.79 bits per heavy atom. The van der Waals surface area contributed by atoms with Crippen molar-refractivity contribution in [3.63, 3.8) is 0 Å². The minimum atomic E-state index is -0.509. The summed E-state index contributed by atoms with van der Waals surface area (Å²) in [5.74, 6) is 0. The first-order chi connectivity index (χ1) is 6.57. The fourth-order valence-electron chi connectivity index (χ4n) is 1.00. The monoisotopic (exact) mass is 322 g/mol. The summed E-state index contributed by atoms with van der Waals surface area (Å²) in [5.41, 5.74) is 0.325. The van der Waals surface area contributed by atoms with Gasteiger partial charge in [-0.2, -0.15) is 5.26 Å². The van der Waals surface area contributed by atoms with Crippen LogP contribution in [0.1, 0.15) is 5.56 Å². The standard InChI is InChI=1S/C8H4ClIN2O2/c9-6-1-2-7(12(13)14)5(3-4-11)8(6)10/h1-2H,3H2. The number of rotatable bonds is 2. The molecule has 0 amide bonds. The van der Waals surface area contributed by atoms with Crippen LogP contribution in [0.3, 0.4) is 0 Å². The molecular weight excluding hydrogens is 318 g/mol. The second kappa shape index (κ2) is 4.57. The molecule has 0 saturated heterocycles. The molecule has 0 aliphatic heterocycles. The van der Waals surface area contributed by atoms with Crippen LogP contribution in [-0.2, 0) is 6.42 Å². The van der Waals surface area contributed by atoms with Gasteiger partial charge in [-0.25, -0.2) is 0 Å². The third-order valence-electron chi connectivity index (χ3n) is 1.62. The van der Waals surface area contributed by atoms with Crippen molar-refractivity contribution in [1.82, 2.24) is 0 Å². The molecular formula is C8H4ClIN2O2. The molecule has 0 aliphatic carbocycles. The number of benzene rings is 1. The minimum Gasteiger partial charge on any atom is -0.258 e. The summed E-state index contributed by atoms with van der Waals surface area (Å²) < 4.78 is 0.569. The average molecular weight is 322 g/mol. The molecule has 0 fully saturated rings. The molecule has 0 unspecified atom stereocenters. The smallest absolute Gasteiger partial charge is 0.258 e. The maximum absolute atomic E-state index is 10.6. The van der Waals surface area contributed by atoms with Crippen LogP contribution >= 0.6 is 34.2 Å². The number of halogens is 2. The van der Waals surface area contributed by atoms with Crippen molar-refractivity contribution < 1.29 is 4.92 Å². The third kappa shape index (κ3) is 2.13. The number of nitro groups is 1. The first-order valence-corrected chi connectivity index (χ1v) is 5.01. The van der Waals surface area contributed by atoms with E-state index in [4.69, 9.17) is 16.9 Å². The molecule has 72 valence electrons. The summed E-state index contributed by atoms with van der Waals surface area (Å²) in [5, 5.41) is 19.6. The van der Waals surface area contributed by atoms with E-state index in [0.29, 0.717) is 14.2 Å². The summed E-state index contributed by atoms with van der Waals surface area (Å²) >= 11 is 7.69. The zero-order chi connectivity index (χ0) is 10.7. The van der Waals surface area contributed by atoms with Crippen molar-refractivity contribution in [1.29, 1.82) is 5.26 Å². The maximum atomic E-state index is 10.6. The third-order valence-corrected chi connectivity index (χ3v) is 3.49. The summed E-state index contributed by atoms with van der Waals surface area (Å²) in [6.45, 7) is 0. The Bertz CT molecular complexity index is 428. The molecule has 0 heterocycles. The lowest BCUT2D eigenvalue weighted by Crippen LogP contribution is -1.97. The van der Waals surface area contributed by atoms with Gasteiger partial charge < -0.3 is 0 Å². The highest BCUT2D eigenvalue weighted by molar-refractivity contribution is 14.1. The molecule has 0 bridgehead atoms. The second-order valence-corrected chi connectivity index (χ2v) is 3.94. The minimum absolute atomic E-state index is 0.00481. The van der Waals surface area contributed by atoms with E-state index in [1.807, 2.05) is 28.7 Å². The normalized spacial score (nSPS) is 9.50. The lowest BCUT2D eigenvalue weighted by molar-refractivity contribution is -0.385. The van der Waals surface area contributed by atoms with Gasteiger partial charge in [-0.1, -0.05) is 11.6 Å². The Kier molecular flexibility index (Phi) is 3.66. The topological polar surface area (TPSA) is 66.9 Å². The molecule has 6 heteroatoms.